The van der Waals surface area contributed by atoms with Gasteiger partial charge in [-0.3, -0.25) is 0 Å². The summed E-state index contributed by atoms with van der Waals surface area (Å²) in [6.07, 6.45) is 1.61. The minimum atomic E-state index is -0.0394. The van der Waals surface area contributed by atoms with Crippen LogP contribution in [0.5, 0.6) is 0 Å². The first kappa shape index (κ1) is 6.75. The molecule has 60 valence electrons. The van der Waals surface area contributed by atoms with Crippen LogP contribution in [0, 0.1) is 0 Å². The van der Waals surface area contributed by atoms with Gasteiger partial charge in [0.25, 0.3) is 0 Å². The number of nitrogens with one attached hydrogen (secondary N) is 1. The zero-order chi connectivity index (χ0) is 7.52. The summed E-state index contributed by atoms with van der Waals surface area (Å²) in [5.41, 5.74) is 0.810. The van der Waals surface area contributed by atoms with Gasteiger partial charge in [0.05, 0.1) is 26.0 Å². The van der Waals surface area contributed by atoms with E-state index in [-0.39, 0.29) is 6.10 Å². The molecule has 1 unspecified atom stereocenters. The number of aromatic amines is 1. The van der Waals surface area contributed by atoms with E-state index in [0.29, 0.717) is 19.8 Å². The lowest BCUT2D eigenvalue weighted by molar-refractivity contribution is -0.0918. The van der Waals surface area contributed by atoms with Crippen molar-refractivity contribution in [2.45, 2.75) is 6.10 Å². The molecule has 0 saturated carbocycles. The van der Waals surface area contributed by atoms with Gasteiger partial charge in [-0.1, -0.05) is 0 Å². The molecule has 5 heteroatoms. The molecular formula is C6H9N3O2. The van der Waals surface area contributed by atoms with Crippen LogP contribution in [0.2, 0.25) is 0 Å². The molecule has 1 saturated heterocycles. The molecule has 11 heavy (non-hydrogen) atoms. The van der Waals surface area contributed by atoms with E-state index in [9.17, 15) is 0 Å². The summed E-state index contributed by atoms with van der Waals surface area (Å²) in [5, 5.41) is 10.1. The molecule has 1 N–H and O–H groups in total. The molecule has 1 aromatic heterocycles. The highest BCUT2D eigenvalue weighted by Gasteiger charge is 2.18. The van der Waals surface area contributed by atoms with Crippen LogP contribution < -0.4 is 0 Å². The Morgan fingerprint density at radius 3 is 3.18 bits per heavy atom. The summed E-state index contributed by atoms with van der Waals surface area (Å²) in [6, 6.07) is 0. The quantitative estimate of drug-likeness (QED) is 0.614. The summed E-state index contributed by atoms with van der Waals surface area (Å²) in [6.45, 7) is 1.89. The predicted octanol–water partition coefficient (Wildman–Crippen LogP) is -0.107. The molecule has 0 aromatic carbocycles. The predicted molar refractivity (Wildman–Crippen MR) is 35.9 cm³/mol. The molecule has 0 bridgehead atoms. The number of H-pyrrole nitrogens is 1. The fourth-order valence-electron chi connectivity index (χ4n) is 1.02. The zero-order valence-electron chi connectivity index (χ0n) is 5.99. The normalized spacial score (nSPS) is 25.3. The van der Waals surface area contributed by atoms with Crippen molar-refractivity contribution in [3.8, 4) is 0 Å². The van der Waals surface area contributed by atoms with Crippen LogP contribution in [-0.4, -0.2) is 35.2 Å². The SMILES string of the molecule is c1n[nH]nc1C1COCCO1. The second kappa shape index (κ2) is 2.98. The van der Waals surface area contributed by atoms with Crippen LogP contribution >= 0.6 is 0 Å². The summed E-state index contributed by atoms with van der Waals surface area (Å²) in [7, 11) is 0. The molecular weight excluding hydrogens is 146 g/mol. The first-order valence-electron chi connectivity index (χ1n) is 3.52. The Labute approximate surface area is 63.7 Å². The van der Waals surface area contributed by atoms with Crippen molar-refractivity contribution >= 4 is 0 Å². The van der Waals surface area contributed by atoms with Gasteiger partial charge in [0, 0.05) is 0 Å². The van der Waals surface area contributed by atoms with E-state index in [2.05, 4.69) is 15.4 Å². The average Bonchev–Trinajstić information content (AvgIpc) is 2.58. The molecule has 2 rings (SSSR count). The van der Waals surface area contributed by atoms with E-state index >= 15 is 0 Å². The van der Waals surface area contributed by atoms with Crippen molar-refractivity contribution in [3.05, 3.63) is 11.9 Å². The smallest absolute Gasteiger partial charge is 0.126 e. The van der Waals surface area contributed by atoms with E-state index in [0.717, 1.165) is 5.69 Å². The first-order chi connectivity index (χ1) is 5.47. The van der Waals surface area contributed by atoms with Crippen molar-refractivity contribution < 1.29 is 9.47 Å². The van der Waals surface area contributed by atoms with Crippen LogP contribution in [-0.2, 0) is 9.47 Å². The standard InChI is InChI=1S/C6H9N3O2/c1-2-11-6(4-10-1)5-3-7-9-8-5/h3,6H,1-2,4H2,(H,7,8,9). The highest BCUT2D eigenvalue weighted by Crippen LogP contribution is 2.16. The van der Waals surface area contributed by atoms with Crippen LogP contribution in [0.4, 0.5) is 0 Å². The summed E-state index contributed by atoms with van der Waals surface area (Å²) >= 11 is 0. The van der Waals surface area contributed by atoms with Gasteiger partial charge in [-0.05, 0) is 0 Å². The van der Waals surface area contributed by atoms with Gasteiger partial charge in [0.1, 0.15) is 11.8 Å². The van der Waals surface area contributed by atoms with E-state index in [1.807, 2.05) is 0 Å². The Bertz CT molecular complexity index is 206. The summed E-state index contributed by atoms with van der Waals surface area (Å²) in [4.78, 5) is 0. The highest BCUT2D eigenvalue weighted by atomic mass is 16.6. The van der Waals surface area contributed by atoms with E-state index in [1.165, 1.54) is 0 Å². The number of hydrogen-bond donors (Lipinski definition) is 1. The van der Waals surface area contributed by atoms with Gasteiger partial charge in [-0.15, -0.1) is 0 Å². The fourth-order valence-corrected chi connectivity index (χ4v) is 1.02. The van der Waals surface area contributed by atoms with Gasteiger partial charge >= 0.3 is 0 Å². The van der Waals surface area contributed by atoms with Crippen molar-refractivity contribution in [1.82, 2.24) is 15.4 Å². The van der Waals surface area contributed by atoms with Gasteiger partial charge < -0.3 is 9.47 Å². The van der Waals surface area contributed by atoms with Crippen molar-refractivity contribution in [1.29, 1.82) is 0 Å². The zero-order valence-corrected chi connectivity index (χ0v) is 5.99. The largest absolute Gasteiger partial charge is 0.376 e. The monoisotopic (exact) mass is 155 g/mol. The van der Waals surface area contributed by atoms with Crippen LogP contribution in [0.15, 0.2) is 6.20 Å². The second-order valence-corrected chi connectivity index (χ2v) is 2.33. The van der Waals surface area contributed by atoms with Crippen LogP contribution in [0.25, 0.3) is 0 Å². The Balaban J connectivity index is 2.04. The molecule has 0 spiro atoms. The molecule has 0 amide bonds. The fraction of sp³-hybridized carbons (Fsp3) is 0.667. The van der Waals surface area contributed by atoms with Gasteiger partial charge in [0.15, 0.2) is 0 Å². The lowest BCUT2D eigenvalue weighted by atomic mass is 10.3. The third kappa shape index (κ3) is 1.38. The van der Waals surface area contributed by atoms with Crippen molar-refractivity contribution in [2.75, 3.05) is 19.8 Å². The van der Waals surface area contributed by atoms with Gasteiger partial charge in [-0.2, -0.15) is 15.4 Å². The number of hydrogen-bond acceptors (Lipinski definition) is 4. The maximum absolute atomic E-state index is 5.37. The topological polar surface area (TPSA) is 60.0 Å². The first-order valence-corrected chi connectivity index (χ1v) is 3.52. The average molecular weight is 155 g/mol. The van der Waals surface area contributed by atoms with E-state index in [1.54, 1.807) is 6.20 Å². The Morgan fingerprint density at radius 1 is 1.55 bits per heavy atom. The summed E-state index contributed by atoms with van der Waals surface area (Å²) < 4.78 is 10.6. The Hall–Kier alpha value is -0.940. The Morgan fingerprint density at radius 2 is 2.55 bits per heavy atom. The van der Waals surface area contributed by atoms with Gasteiger partial charge in [0.2, 0.25) is 0 Å². The number of rotatable bonds is 1. The third-order valence-electron chi connectivity index (χ3n) is 1.58. The third-order valence-corrected chi connectivity index (χ3v) is 1.58. The van der Waals surface area contributed by atoms with Crippen LogP contribution in [0.1, 0.15) is 11.8 Å². The summed E-state index contributed by atoms with van der Waals surface area (Å²) in [5.74, 6) is 0. The highest BCUT2D eigenvalue weighted by molar-refractivity contribution is 4.96. The minimum absolute atomic E-state index is 0.0394. The molecule has 1 atom stereocenters. The van der Waals surface area contributed by atoms with Crippen molar-refractivity contribution in [3.63, 3.8) is 0 Å². The lowest BCUT2D eigenvalue weighted by Crippen LogP contribution is -2.22. The van der Waals surface area contributed by atoms with Crippen molar-refractivity contribution in [2.24, 2.45) is 0 Å². The molecule has 2 heterocycles. The number of ether oxygens (including phenoxy) is 2. The van der Waals surface area contributed by atoms with Gasteiger partial charge in [-0.25, -0.2) is 0 Å². The lowest BCUT2D eigenvalue weighted by Gasteiger charge is -2.20. The Kier molecular flexibility index (Phi) is 1.83. The minimum Gasteiger partial charge on any atom is -0.376 e. The molecule has 1 aromatic rings. The molecule has 1 aliphatic heterocycles. The van der Waals surface area contributed by atoms with E-state index in [4.69, 9.17) is 9.47 Å². The van der Waals surface area contributed by atoms with Crippen LogP contribution in [0.3, 0.4) is 0 Å². The molecule has 1 fully saturated rings. The maximum Gasteiger partial charge on any atom is 0.126 e. The maximum atomic E-state index is 5.37. The molecule has 5 nitrogen and oxygen atoms in total. The molecule has 1 aliphatic rings. The molecule has 0 aliphatic carbocycles. The van der Waals surface area contributed by atoms with E-state index < -0.39 is 0 Å². The second-order valence-electron chi connectivity index (χ2n) is 2.33. The molecule has 0 radical (unpaired) electrons. The number of nitrogens with zero attached hydrogens (tertiary/aromatic N) is 2. The number of aromatic nitrogens is 3.